The van der Waals surface area contributed by atoms with Gasteiger partial charge in [-0.15, -0.1) is 11.3 Å². The highest BCUT2D eigenvalue weighted by molar-refractivity contribution is 7.20. The Morgan fingerprint density at radius 3 is 2.64 bits per heavy atom. The summed E-state index contributed by atoms with van der Waals surface area (Å²) in [6.45, 7) is 2.50. The molecule has 0 atom stereocenters. The van der Waals surface area contributed by atoms with E-state index >= 15 is 0 Å². The van der Waals surface area contributed by atoms with E-state index in [9.17, 15) is 9.18 Å². The molecule has 1 saturated heterocycles. The van der Waals surface area contributed by atoms with E-state index < -0.39 is 0 Å². The number of morpholine rings is 1. The van der Waals surface area contributed by atoms with Gasteiger partial charge in [0.05, 0.1) is 18.1 Å². The number of fused-ring (bicyclic) bond motifs is 1. The van der Waals surface area contributed by atoms with Gasteiger partial charge in [-0.25, -0.2) is 4.39 Å². The van der Waals surface area contributed by atoms with Crippen LogP contribution in [0.2, 0.25) is 0 Å². The van der Waals surface area contributed by atoms with Gasteiger partial charge < -0.3 is 9.64 Å². The lowest BCUT2D eigenvalue weighted by molar-refractivity contribution is 0.0306. The van der Waals surface area contributed by atoms with Crippen LogP contribution in [0.1, 0.15) is 20.8 Å². The largest absolute Gasteiger partial charge is 0.378 e. The number of hydrogen-bond donors (Lipinski definition) is 0. The summed E-state index contributed by atoms with van der Waals surface area (Å²) in [5.41, 5.74) is 2.21. The first-order chi connectivity index (χ1) is 12.2. The second-order valence-corrected chi connectivity index (χ2v) is 7.23. The van der Waals surface area contributed by atoms with Gasteiger partial charge in [-0.3, -0.25) is 4.79 Å². The molecule has 3 aromatic rings. The number of halogens is 1. The molecule has 25 heavy (non-hydrogen) atoms. The monoisotopic (exact) mass is 355 g/mol. The molecule has 128 valence electrons. The summed E-state index contributed by atoms with van der Waals surface area (Å²) < 4.78 is 19.5. The Bertz CT molecular complexity index is 898. The van der Waals surface area contributed by atoms with Crippen LogP contribution < -0.4 is 0 Å². The lowest BCUT2D eigenvalue weighted by Gasteiger charge is -2.26. The molecule has 0 unspecified atom stereocenters. The number of amides is 1. The molecule has 2 heterocycles. The molecule has 1 aliphatic heterocycles. The number of carbonyl (C=O) groups is 1. The minimum atomic E-state index is -0.226. The van der Waals surface area contributed by atoms with Gasteiger partial charge >= 0.3 is 0 Å². The molecule has 3 nitrogen and oxygen atoms in total. The Hall–Kier alpha value is -2.24. The van der Waals surface area contributed by atoms with Gasteiger partial charge in [-0.05, 0) is 47.2 Å². The van der Waals surface area contributed by atoms with E-state index in [0.29, 0.717) is 26.3 Å². The molecule has 5 heteroatoms. The van der Waals surface area contributed by atoms with Gasteiger partial charge in [0.15, 0.2) is 0 Å². The zero-order valence-electron chi connectivity index (χ0n) is 13.7. The average Bonchev–Trinajstić information content (AvgIpc) is 3.09. The molecule has 0 saturated carbocycles. The van der Waals surface area contributed by atoms with Crippen LogP contribution >= 0.6 is 11.3 Å². The first-order valence-electron chi connectivity index (χ1n) is 8.33. The summed E-state index contributed by atoms with van der Waals surface area (Å²) in [4.78, 5) is 15.3. The van der Waals surface area contributed by atoms with Crippen LogP contribution in [0.4, 0.5) is 4.39 Å². The molecule has 0 spiro atoms. The van der Waals surface area contributed by atoms with Crippen molar-refractivity contribution in [2.24, 2.45) is 0 Å². The van der Waals surface area contributed by atoms with Crippen LogP contribution in [0.15, 0.2) is 48.5 Å². The van der Waals surface area contributed by atoms with E-state index in [1.807, 2.05) is 23.1 Å². The molecule has 0 bridgehead atoms. The molecule has 0 N–H and O–H groups in total. The average molecular weight is 355 g/mol. The second kappa shape index (κ2) is 6.94. The molecule has 2 aromatic carbocycles. The molecule has 1 aromatic heterocycles. The van der Waals surface area contributed by atoms with Crippen LogP contribution in [0, 0.1) is 5.82 Å². The summed E-state index contributed by atoms with van der Waals surface area (Å²) in [5.74, 6) is -0.145. The summed E-state index contributed by atoms with van der Waals surface area (Å²) in [6, 6.07) is 14.7. The van der Waals surface area contributed by atoms with E-state index in [2.05, 4.69) is 6.07 Å². The van der Waals surface area contributed by atoms with Gasteiger partial charge in [0.1, 0.15) is 5.82 Å². The molecule has 4 rings (SSSR count). The minimum Gasteiger partial charge on any atom is -0.378 e. The van der Waals surface area contributed by atoms with E-state index in [1.165, 1.54) is 23.5 Å². The fourth-order valence-corrected chi connectivity index (χ4v) is 4.20. The predicted molar refractivity (Wildman–Crippen MR) is 97.8 cm³/mol. The van der Waals surface area contributed by atoms with Crippen LogP contribution in [0.25, 0.3) is 10.1 Å². The summed E-state index contributed by atoms with van der Waals surface area (Å²) >= 11 is 1.53. The number of rotatable bonds is 3. The number of carbonyl (C=O) groups excluding carboxylic acids is 1. The molecule has 1 aliphatic rings. The van der Waals surface area contributed by atoms with Crippen molar-refractivity contribution in [3.05, 3.63) is 70.4 Å². The number of benzene rings is 2. The van der Waals surface area contributed by atoms with Crippen LogP contribution in [-0.2, 0) is 11.2 Å². The van der Waals surface area contributed by atoms with E-state index in [0.717, 1.165) is 32.5 Å². The van der Waals surface area contributed by atoms with Crippen molar-refractivity contribution in [2.75, 3.05) is 26.3 Å². The van der Waals surface area contributed by atoms with Gasteiger partial charge in [-0.1, -0.05) is 24.3 Å². The Morgan fingerprint density at radius 2 is 1.88 bits per heavy atom. The maximum atomic E-state index is 13.1. The fourth-order valence-electron chi connectivity index (χ4n) is 3.13. The van der Waals surface area contributed by atoms with Crippen LogP contribution in [0.3, 0.4) is 0 Å². The normalized spacial score (nSPS) is 14.8. The molecular weight excluding hydrogens is 337 g/mol. The SMILES string of the molecule is O=C(c1cc2c(Cc3ccc(F)cc3)cccc2s1)N1CCOCC1. The molecular formula is C20H18FNO2S. The highest BCUT2D eigenvalue weighted by Crippen LogP contribution is 2.30. The van der Waals surface area contributed by atoms with Crippen molar-refractivity contribution >= 4 is 27.3 Å². The van der Waals surface area contributed by atoms with Crippen molar-refractivity contribution in [3.8, 4) is 0 Å². The van der Waals surface area contributed by atoms with Gasteiger partial charge in [0.2, 0.25) is 0 Å². The van der Waals surface area contributed by atoms with Crippen molar-refractivity contribution < 1.29 is 13.9 Å². The topological polar surface area (TPSA) is 29.5 Å². The Labute approximate surface area is 149 Å². The maximum absolute atomic E-state index is 13.1. The standard InChI is InChI=1S/C20H18FNO2S/c21-16-6-4-14(5-7-16)12-15-2-1-3-18-17(15)13-19(25-18)20(23)22-8-10-24-11-9-22/h1-7,13H,8-12H2. The quantitative estimate of drug-likeness (QED) is 0.708. The lowest BCUT2D eigenvalue weighted by Crippen LogP contribution is -2.40. The van der Waals surface area contributed by atoms with E-state index in [-0.39, 0.29) is 11.7 Å². The smallest absolute Gasteiger partial charge is 0.264 e. The number of nitrogens with zero attached hydrogens (tertiary/aromatic N) is 1. The first-order valence-corrected chi connectivity index (χ1v) is 9.15. The van der Waals surface area contributed by atoms with Crippen molar-refractivity contribution in [2.45, 2.75) is 6.42 Å². The fraction of sp³-hybridized carbons (Fsp3) is 0.250. The van der Waals surface area contributed by atoms with Crippen LogP contribution in [0.5, 0.6) is 0 Å². The first kappa shape index (κ1) is 16.2. The zero-order chi connectivity index (χ0) is 17.2. The lowest BCUT2D eigenvalue weighted by atomic mass is 10.0. The highest BCUT2D eigenvalue weighted by atomic mass is 32.1. The summed E-state index contributed by atoms with van der Waals surface area (Å²) in [7, 11) is 0. The summed E-state index contributed by atoms with van der Waals surface area (Å²) in [6.07, 6.45) is 0.722. The molecule has 0 aliphatic carbocycles. The summed E-state index contributed by atoms with van der Waals surface area (Å²) in [5, 5.41) is 1.11. The van der Waals surface area contributed by atoms with E-state index in [1.54, 1.807) is 12.1 Å². The zero-order valence-corrected chi connectivity index (χ0v) is 14.5. The highest BCUT2D eigenvalue weighted by Gasteiger charge is 2.21. The van der Waals surface area contributed by atoms with Crippen molar-refractivity contribution in [1.82, 2.24) is 4.90 Å². The Balaban J connectivity index is 1.64. The Morgan fingerprint density at radius 1 is 1.12 bits per heavy atom. The molecule has 1 fully saturated rings. The predicted octanol–water partition coefficient (Wildman–Crippen LogP) is 4.10. The second-order valence-electron chi connectivity index (χ2n) is 6.15. The number of hydrogen-bond acceptors (Lipinski definition) is 3. The number of thiophene rings is 1. The molecule has 1 amide bonds. The van der Waals surface area contributed by atoms with Gasteiger partial charge in [0, 0.05) is 17.8 Å². The van der Waals surface area contributed by atoms with Gasteiger partial charge in [0.25, 0.3) is 5.91 Å². The third-order valence-corrected chi connectivity index (χ3v) is 5.56. The van der Waals surface area contributed by atoms with Crippen molar-refractivity contribution in [1.29, 1.82) is 0 Å². The third-order valence-electron chi connectivity index (χ3n) is 4.47. The third kappa shape index (κ3) is 3.43. The number of ether oxygens (including phenoxy) is 1. The maximum Gasteiger partial charge on any atom is 0.264 e. The van der Waals surface area contributed by atoms with Crippen molar-refractivity contribution in [3.63, 3.8) is 0 Å². The Kier molecular flexibility index (Phi) is 4.51. The van der Waals surface area contributed by atoms with Crippen LogP contribution in [-0.4, -0.2) is 37.1 Å². The van der Waals surface area contributed by atoms with Gasteiger partial charge in [-0.2, -0.15) is 0 Å². The minimum absolute atomic E-state index is 0.0808. The molecule has 0 radical (unpaired) electrons. The van der Waals surface area contributed by atoms with E-state index in [4.69, 9.17) is 4.74 Å².